The van der Waals surface area contributed by atoms with E-state index in [1.807, 2.05) is 12.1 Å². The first-order valence-corrected chi connectivity index (χ1v) is 6.49. The number of unbranched alkanes of at least 4 members (excludes halogenated alkanes) is 1. The van der Waals surface area contributed by atoms with Crippen LogP contribution in [0.1, 0.15) is 19.8 Å². The molecule has 0 fully saturated rings. The van der Waals surface area contributed by atoms with Crippen molar-refractivity contribution in [2.75, 3.05) is 0 Å². The van der Waals surface area contributed by atoms with Gasteiger partial charge in [0.15, 0.2) is 0 Å². The lowest BCUT2D eigenvalue weighted by molar-refractivity contribution is -0.109. The van der Waals surface area contributed by atoms with Crippen LogP contribution < -0.4 is 10.2 Å². The third-order valence-electron chi connectivity index (χ3n) is 2.54. The Morgan fingerprint density at radius 1 is 1.47 bits per heavy atom. The van der Waals surface area contributed by atoms with Crippen molar-refractivity contribution in [2.45, 2.75) is 26.3 Å². The second kappa shape index (κ2) is 5.63. The molecular formula is C12H15N3OS. The van der Waals surface area contributed by atoms with Crippen molar-refractivity contribution in [2.24, 2.45) is 5.10 Å². The average molecular weight is 249 g/mol. The number of nitrogens with zero attached hydrogens (tertiary/aromatic N) is 2. The van der Waals surface area contributed by atoms with Crippen LogP contribution in [0.2, 0.25) is 0 Å². The maximum atomic E-state index is 10.3. The summed E-state index contributed by atoms with van der Waals surface area (Å²) >= 11 is 1.59. The molecule has 1 aromatic carbocycles. The van der Waals surface area contributed by atoms with Crippen LogP contribution in [0.4, 0.5) is 0 Å². The smallest absolute Gasteiger partial charge is 0.227 e. The van der Waals surface area contributed by atoms with E-state index >= 15 is 0 Å². The predicted molar refractivity (Wildman–Crippen MR) is 69.5 cm³/mol. The van der Waals surface area contributed by atoms with E-state index in [-0.39, 0.29) is 0 Å². The summed E-state index contributed by atoms with van der Waals surface area (Å²) in [7, 11) is 0. The van der Waals surface area contributed by atoms with E-state index in [2.05, 4.69) is 34.2 Å². The monoisotopic (exact) mass is 249 g/mol. The van der Waals surface area contributed by atoms with E-state index in [9.17, 15) is 4.79 Å². The van der Waals surface area contributed by atoms with Crippen LogP contribution >= 0.6 is 11.3 Å². The molecule has 1 aromatic heterocycles. The molecule has 0 unspecified atom stereocenters. The number of hydrogen-bond donors (Lipinski definition) is 1. The number of fused-ring (bicyclic) bond motifs is 1. The van der Waals surface area contributed by atoms with Gasteiger partial charge in [-0.05, 0) is 18.6 Å². The Morgan fingerprint density at radius 3 is 3.06 bits per heavy atom. The number of benzene rings is 1. The van der Waals surface area contributed by atoms with Crippen molar-refractivity contribution in [3.05, 3.63) is 29.1 Å². The van der Waals surface area contributed by atoms with Crippen LogP contribution in [-0.2, 0) is 11.3 Å². The lowest BCUT2D eigenvalue weighted by Gasteiger charge is -2.03. The zero-order chi connectivity index (χ0) is 12.1. The van der Waals surface area contributed by atoms with Gasteiger partial charge in [0.25, 0.3) is 0 Å². The quantitative estimate of drug-likeness (QED) is 0.640. The minimum Gasteiger partial charge on any atom is -0.315 e. The van der Waals surface area contributed by atoms with E-state index in [4.69, 9.17) is 0 Å². The van der Waals surface area contributed by atoms with E-state index < -0.39 is 0 Å². The zero-order valence-corrected chi connectivity index (χ0v) is 10.5. The Hall–Kier alpha value is -1.62. The molecule has 1 heterocycles. The number of thiazole rings is 1. The summed E-state index contributed by atoms with van der Waals surface area (Å²) in [6.45, 7) is 3.09. The van der Waals surface area contributed by atoms with Gasteiger partial charge in [0, 0.05) is 6.54 Å². The molecule has 1 amide bonds. The highest BCUT2D eigenvalue weighted by Crippen LogP contribution is 2.16. The van der Waals surface area contributed by atoms with Crippen LogP contribution in [0.5, 0.6) is 0 Å². The molecule has 0 saturated carbocycles. The summed E-state index contributed by atoms with van der Waals surface area (Å²) in [6.07, 6.45) is 2.83. The van der Waals surface area contributed by atoms with Crippen molar-refractivity contribution < 1.29 is 4.79 Å². The van der Waals surface area contributed by atoms with Gasteiger partial charge >= 0.3 is 0 Å². The number of aromatic nitrogens is 1. The van der Waals surface area contributed by atoms with Crippen molar-refractivity contribution in [1.29, 1.82) is 0 Å². The number of amides is 1. The number of carbonyl (C=O) groups excluding carboxylic acids is 1. The summed E-state index contributed by atoms with van der Waals surface area (Å²) in [5.74, 6) is 0. The Morgan fingerprint density at radius 2 is 2.29 bits per heavy atom. The molecule has 0 radical (unpaired) electrons. The average Bonchev–Trinajstić information content (AvgIpc) is 2.71. The topological polar surface area (TPSA) is 46.4 Å². The Balaban J connectivity index is 2.52. The maximum absolute atomic E-state index is 10.3. The van der Waals surface area contributed by atoms with Crippen molar-refractivity contribution >= 4 is 28.0 Å². The van der Waals surface area contributed by atoms with Gasteiger partial charge in [0.05, 0.1) is 10.2 Å². The van der Waals surface area contributed by atoms with Crippen LogP contribution in [0.25, 0.3) is 10.2 Å². The molecular weight excluding hydrogens is 234 g/mol. The predicted octanol–water partition coefficient (Wildman–Crippen LogP) is 2.06. The fourth-order valence-corrected chi connectivity index (χ4v) is 2.74. The van der Waals surface area contributed by atoms with Gasteiger partial charge in [-0.25, -0.2) is 5.43 Å². The molecule has 4 nitrogen and oxygen atoms in total. The Labute approximate surface area is 104 Å². The normalized spacial score (nSPS) is 11.9. The van der Waals surface area contributed by atoms with Gasteiger partial charge in [-0.1, -0.05) is 36.8 Å². The highest BCUT2D eigenvalue weighted by Gasteiger charge is 2.04. The first kappa shape index (κ1) is 11.9. The SMILES string of the molecule is CCCCn1c(=NNC=O)sc2ccccc21. The van der Waals surface area contributed by atoms with Crippen molar-refractivity contribution in [3.63, 3.8) is 0 Å². The van der Waals surface area contributed by atoms with Gasteiger partial charge in [-0.3, -0.25) is 4.79 Å². The van der Waals surface area contributed by atoms with Gasteiger partial charge < -0.3 is 4.57 Å². The van der Waals surface area contributed by atoms with Crippen LogP contribution in [0, 0.1) is 0 Å². The standard InChI is InChI=1S/C12H15N3OS/c1-2-3-8-15-10-6-4-5-7-11(10)17-12(15)14-13-9-16/h4-7,9H,2-3,8H2,1H3,(H,13,16). The molecule has 0 spiro atoms. The zero-order valence-electron chi connectivity index (χ0n) is 9.72. The number of carbonyl (C=O) groups is 1. The number of hydrogen-bond acceptors (Lipinski definition) is 3. The summed E-state index contributed by atoms with van der Waals surface area (Å²) < 4.78 is 3.34. The van der Waals surface area contributed by atoms with Crippen molar-refractivity contribution in [1.82, 2.24) is 9.99 Å². The number of para-hydroxylation sites is 1. The Bertz CT molecular complexity index is 570. The molecule has 2 rings (SSSR count). The maximum Gasteiger partial charge on any atom is 0.227 e. The molecule has 90 valence electrons. The second-order valence-corrected chi connectivity index (χ2v) is 4.73. The van der Waals surface area contributed by atoms with Crippen molar-refractivity contribution in [3.8, 4) is 0 Å². The fraction of sp³-hybridized carbons (Fsp3) is 0.333. The van der Waals surface area contributed by atoms with Crippen LogP contribution in [0.15, 0.2) is 29.4 Å². The minimum atomic E-state index is 0.592. The van der Waals surface area contributed by atoms with Crippen LogP contribution in [0.3, 0.4) is 0 Å². The molecule has 17 heavy (non-hydrogen) atoms. The first-order valence-electron chi connectivity index (χ1n) is 5.68. The molecule has 0 saturated heterocycles. The van der Waals surface area contributed by atoms with Gasteiger partial charge in [0.2, 0.25) is 11.2 Å². The van der Waals surface area contributed by atoms with E-state index in [1.54, 1.807) is 11.3 Å². The number of nitrogens with one attached hydrogen (secondary N) is 1. The Kier molecular flexibility index (Phi) is 3.93. The summed E-state index contributed by atoms with van der Waals surface area (Å²) in [6, 6.07) is 8.19. The third kappa shape index (κ3) is 2.55. The van der Waals surface area contributed by atoms with Gasteiger partial charge in [-0.2, -0.15) is 0 Å². The summed E-state index contributed by atoms with van der Waals surface area (Å²) in [5.41, 5.74) is 3.55. The largest absolute Gasteiger partial charge is 0.315 e. The molecule has 0 aliphatic carbocycles. The summed E-state index contributed by atoms with van der Waals surface area (Å²) in [4.78, 5) is 11.1. The van der Waals surface area contributed by atoms with Gasteiger partial charge in [0.1, 0.15) is 0 Å². The number of rotatable bonds is 5. The minimum absolute atomic E-state index is 0.592. The fourth-order valence-electron chi connectivity index (χ4n) is 1.72. The first-order chi connectivity index (χ1) is 8.36. The molecule has 1 N–H and O–H groups in total. The molecule has 5 heteroatoms. The molecule has 0 aliphatic heterocycles. The van der Waals surface area contributed by atoms with E-state index in [1.165, 1.54) is 10.2 Å². The van der Waals surface area contributed by atoms with Crippen LogP contribution in [-0.4, -0.2) is 11.0 Å². The lowest BCUT2D eigenvalue weighted by Crippen LogP contribution is -2.19. The van der Waals surface area contributed by atoms with Gasteiger partial charge in [-0.15, -0.1) is 5.10 Å². The third-order valence-corrected chi connectivity index (χ3v) is 3.60. The molecule has 0 bridgehead atoms. The molecule has 2 aromatic rings. The number of aryl methyl sites for hydroxylation is 1. The highest BCUT2D eigenvalue weighted by molar-refractivity contribution is 7.16. The van der Waals surface area contributed by atoms with E-state index in [0.717, 1.165) is 24.2 Å². The van der Waals surface area contributed by atoms with E-state index in [0.29, 0.717) is 6.41 Å². The molecule has 0 aliphatic rings. The second-order valence-electron chi connectivity index (χ2n) is 3.72. The molecule has 0 atom stereocenters. The highest BCUT2D eigenvalue weighted by atomic mass is 32.1. The lowest BCUT2D eigenvalue weighted by atomic mass is 10.3. The summed E-state index contributed by atoms with van der Waals surface area (Å²) in [5, 5.41) is 4.08.